The Morgan fingerprint density at radius 2 is 2.00 bits per heavy atom. The highest BCUT2D eigenvalue weighted by atomic mass is 127. The van der Waals surface area contributed by atoms with E-state index in [0.717, 1.165) is 37.0 Å². The lowest BCUT2D eigenvalue weighted by Crippen LogP contribution is -2.40. The maximum absolute atomic E-state index is 5.36. The number of nitrogens with one attached hydrogen (secondary N) is 2. The summed E-state index contributed by atoms with van der Waals surface area (Å²) in [5, 5.41) is 6.86. The predicted molar refractivity (Wildman–Crippen MR) is 115 cm³/mol. The molecule has 0 aliphatic carbocycles. The molecule has 0 radical (unpaired) electrons. The molecule has 1 heterocycles. The second-order valence-corrected chi connectivity index (χ2v) is 6.24. The minimum absolute atomic E-state index is 0. The Bertz CT molecular complexity index is 575. The van der Waals surface area contributed by atoms with Gasteiger partial charge >= 0.3 is 0 Å². The molecule has 2 aromatic rings. The molecule has 0 amide bonds. The number of aliphatic imine (C=N–C) groups is 1. The summed E-state index contributed by atoms with van der Waals surface area (Å²) in [6, 6.07) is 14.5. The molecule has 6 heteroatoms. The molecule has 1 atom stereocenters. The zero-order valence-electron chi connectivity index (χ0n) is 14.2. The van der Waals surface area contributed by atoms with Crippen LogP contribution < -0.4 is 10.6 Å². The first-order chi connectivity index (χ1) is 11.3. The number of guanidine groups is 1. The van der Waals surface area contributed by atoms with Gasteiger partial charge in [-0.1, -0.05) is 30.3 Å². The van der Waals surface area contributed by atoms with Crippen molar-refractivity contribution in [3.8, 4) is 0 Å². The Kier molecular flexibility index (Phi) is 10.7. The summed E-state index contributed by atoms with van der Waals surface area (Å²) in [6.45, 7) is 3.74. The van der Waals surface area contributed by atoms with E-state index in [1.54, 1.807) is 18.0 Å². The van der Waals surface area contributed by atoms with Crippen molar-refractivity contribution < 1.29 is 4.42 Å². The lowest BCUT2D eigenvalue weighted by Gasteiger charge is -2.18. The van der Waals surface area contributed by atoms with Crippen molar-refractivity contribution >= 4 is 41.7 Å². The van der Waals surface area contributed by atoms with Gasteiger partial charge in [0, 0.05) is 18.7 Å². The van der Waals surface area contributed by atoms with Gasteiger partial charge in [0.15, 0.2) is 5.96 Å². The van der Waals surface area contributed by atoms with Gasteiger partial charge in [-0.25, -0.2) is 0 Å². The Balaban J connectivity index is 0.00000288. The molecule has 1 unspecified atom stereocenters. The van der Waals surface area contributed by atoms with E-state index in [4.69, 9.17) is 4.42 Å². The fraction of sp³-hybridized carbons (Fsp3) is 0.389. The van der Waals surface area contributed by atoms with Crippen molar-refractivity contribution in [1.29, 1.82) is 0 Å². The quantitative estimate of drug-likeness (QED) is 0.270. The molecular weight excluding hydrogens is 433 g/mol. The smallest absolute Gasteiger partial charge is 0.191 e. The maximum Gasteiger partial charge on any atom is 0.191 e. The molecule has 0 bridgehead atoms. The summed E-state index contributed by atoms with van der Waals surface area (Å²) in [4.78, 5) is 4.64. The van der Waals surface area contributed by atoms with E-state index in [-0.39, 0.29) is 30.0 Å². The van der Waals surface area contributed by atoms with Crippen molar-refractivity contribution in [3.63, 3.8) is 0 Å². The van der Waals surface area contributed by atoms with Gasteiger partial charge in [0.05, 0.1) is 18.8 Å². The fourth-order valence-corrected chi connectivity index (χ4v) is 2.46. The van der Waals surface area contributed by atoms with Gasteiger partial charge in [0.2, 0.25) is 0 Å². The van der Waals surface area contributed by atoms with Crippen molar-refractivity contribution in [2.45, 2.75) is 19.4 Å². The zero-order valence-corrected chi connectivity index (χ0v) is 17.3. The third kappa shape index (κ3) is 7.61. The normalized spacial score (nSPS) is 12.3. The molecule has 2 rings (SSSR count). The Morgan fingerprint density at radius 3 is 2.67 bits per heavy atom. The SMILES string of the molecule is CSCCN=C(NCCc1ccco1)NC(C)c1ccccc1.I. The second-order valence-electron chi connectivity index (χ2n) is 5.26. The van der Waals surface area contributed by atoms with Crippen LogP contribution in [0.3, 0.4) is 0 Å². The third-order valence-electron chi connectivity index (χ3n) is 3.46. The van der Waals surface area contributed by atoms with Crippen LogP contribution in [0.5, 0.6) is 0 Å². The van der Waals surface area contributed by atoms with E-state index in [0.29, 0.717) is 0 Å². The number of hydrogen-bond acceptors (Lipinski definition) is 3. The Labute approximate surface area is 165 Å². The van der Waals surface area contributed by atoms with Crippen molar-refractivity contribution in [2.75, 3.05) is 25.1 Å². The molecule has 132 valence electrons. The zero-order chi connectivity index (χ0) is 16.3. The average molecular weight is 459 g/mol. The monoisotopic (exact) mass is 459 g/mol. The summed E-state index contributed by atoms with van der Waals surface area (Å²) >= 11 is 1.80. The fourth-order valence-electron chi connectivity index (χ4n) is 2.19. The molecule has 1 aromatic carbocycles. The van der Waals surface area contributed by atoms with Crippen LogP contribution in [0, 0.1) is 0 Å². The molecule has 0 saturated heterocycles. The van der Waals surface area contributed by atoms with E-state index < -0.39 is 0 Å². The minimum Gasteiger partial charge on any atom is -0.469 e. The van der Waals surface area contributed by atoms with Gasteiger partial charge < -0.3 is 15.1 Å². The molecule has 4 nitrogen and oxygen atoms in total. The van der Waals surface area contributed by atoms with E-state index in [1.807, 2.05) is 18.2 Å². The number of furan rings is 1. The number of rotatable bonds is 8. The molecule has 24 heavy (non-hydrogen) atoms. The van der Waals surface area contributed by atoms with E-state index in [9.17, 15) is 0 Å². The molecule has 1 aromatic heterocycles. The van der Waals surface area contributed by atoms with E-state index in [2.05, 4.69) is 53.1 Å². The van der Waals surface area contributed by atoms with Crippen LogP contribution in [0.15, 0.2) is 58.1 Å². The van der Waals surface area contributed by atoms with Crippen LogP contribution in [0.4, 0.5) is 0 Å². The highest BCUT2D eigenvalue weighted by molar-refractivity contribution is 14.0. The lowest BCUT2D eigenvalue weighted by molar-refractivity contribution is 0.506. The highest BCUT2D eigenvalue weighted by Crippen LogP contribution is 2.10. The van der Waals surface area contributed by atoms with Crippen molar-refractivity contribution in [1.82, 2.24) is 10.6 Å². The Hall–Kier alpha value is -1.15. The van der Waals surface area contributed by atoms with Crippen molar-refractivity contribution in [3.05, 3.63) is 60.1 Å². The molecule has 0 spiro atoms. The van der Waals surface area contributed by atoms with Gasteiger partial charge in [-0.3, -0.25) is 4.99 Å². The van der Waals surface area contributed by atoms with Crippen molar-refractivity contribution in [2.24, 2.45) is 4.99 Å². The molecule has 0 saturated carbocycles. The Morgan fingerprint density at radius 1 is 1.21 bits per heavy atom. The topological polar surface area (TPSA) is 49.6 Å². The summed E-state index contributed by atoms with van der Waals surface area (Å²) in [6.07, 6.45) is 4.65. The van der Waals surface area contributed by atoms with E-state index in [1.165, 1.54) is 5.56 Å². The van der Waals surface area contributed by atoms with Crippen LogP contribution in [0.2, 0.25) is 0 Å². The van der Waals surface area contributed by atoms with Gasteiger partial charge in [0.1, 0.15) is 5.76 Å². The van der Waals surface area contributed by atoms with Gasteiger partial charge in [0.25, 0.3) is 0 Å². The average Bonchev–Trinajstić information content (AvgIpc) is 3.09. The first-order valence-corrected chi connectivity index (χ1v) is 9.30. The van der Waals surface area contributed by atoms with Crippen LogP contribution in [0.25, 0.3) is 0 Å². The number of nitrogens with zero attached hydrogens (tertiary/aromatic N) is 1. The summed E-state index contributed by atoms with van der Waals surface area (Å²) < 4.78 is 5.36. The van der Waals surface area contributed by atoms with Crippen LogP contribution >= 0.6 is 35.7 Å². The van der Waals surface area contributed by atoms with Gasteiger partial charge in [-0.05, 0) is 30.9 Å². The molecule has 0 fully saturated rings. The standard InChI is InChI=1S/C18H25N3OS.HI/c1-15(16-7-4-3-5-8-16)21-18(20-12-14-23-2)19-11-10-17-9-6-13-22-17;/h3-9,13,15H,10-12,14H2,1-2H3,(H2,19,20,21);1H. The molecular formula is C18H26IN3OS. The summed E-state index contributed by atoms with van der Waals surface area (Å²) in [5.74, 6) is 2.85. The summed E-state index contributed by atoms with van der Waals surface area (Å²) in [5.41, 5.74) is 1.25. The van der Waals surface area contributed by atoms with Crippen LogP contribution in [0.1, 0.15) is 24.3 Å². The lowest BCUT2D eigenvalue weighted by atomic mass is 10.1. The van der Waals surface area contributed by atoms with Crippen LogP contribution in [-0.2, 0) is 6.42 Å². The largest absolute Gasteiger partial charge is 0.469 e. The minimum atomic E-state index is 0. The second kappa shape index (κ2) is 12.2. The predicted octanol–water partition coefficient (Wildman–Crippen LogP) is 4.10. The summed E-state index contributed by atoms with van der Waals surface area (Å²) in [7, 11) is 0. The first-order valence-electron chi connectivity index (χ1n) is 7.90. The number of halogens is 1. The highest BCUT2D eigenvalue weighted by Gasteiger charge is 2.07. The number of benzene rings is 1. The molecule has 0 aliphatic heterocycles. The first kappa shape index (κ1) is 20.9. The van der Waals surface area contributed by atoms with Gasteiger partial charge in [-0.2, -0.15) is 11.8 Å². The third-order valence-corrected chi connectivity index (χ3v) is 4.05. The number of thioether (sulfide) groups is 1. The van der Waals surface area contributed by atoms with Crippen LogP contribution in [-0.4, -0.2) is 31.1 Å². The maximum atomic E-state index is 5.36. The van der Waals surface area contributed by atoms with Gasteiger partial charge in [-0.15, -0.1) is 24.0 Å². The number of hydrogen-bond donors (Lipinski definition) is 2. The molecule has 0 aliphatic rings. The van der Waals surface area contributed by atoms with E-state index >= 15 is 0 Å². The molecule has 2 N–H and O–H groups in total.